The highest BCUT2D eigenvalue weighted by atomic mass is 15.1. The average Bonchev–Trinajstić information content (AvgIpc) is 2.32. The largest absolute Gasteiger partial charge is 0.329 e. The molecule has 2 rings (SSSR count). The Morgan fingerprint density at radius 3 is 2.53 bits per heavy atom. The molecule has 0 amide bonds. The van der Waals surface area contributed by atoms with Gasteiger partial charge in [0, 0.05) is 25.5 Å². The lowest BCUT2D eigenvalue weighted by molar-refractivity contribution is 0.217. The summed E-state index contributed by atoms with van der Waals surface area (Å²) in [6.07, 6.45) is 6.29. The summed E-state index contributed by atoms with van der Waals surface area (Å²) in [6, 6.07) is 4.28. The van der Waals surface area contributed by atoms with Crippen molar-refractivity contribution in [3.05, 3.63) is 30.1 Å². The lowest BCUT2D eigenvalue weighted by Gasteiger charge is -2.31. The molecular weight excluding hydrogens is 186 g/mol. The second-order valence-corrected chi connectivity index (χ2v) is 4.19. The van der Waals surface area contributed by atoms with Crippen LogP contribution >= 0.6 is 0 Å². The van der Waals surface area contributed by atoms with Crippen molar-refractivity contribution in [1.82, 2.24) is 9.88 Å². The van der Waals surface area contributed by atoms with Crippen LogP contribution in [0.4, 0.5) is 0 Å². The Hall–Kier alpha value is -0.930. The first-order chi connectivity index (χ1) is 7.40. The molecular formula is C12H19N3. The maximum Gasteiger partial charge on any atom is 0.0270 e. The minimum atomic E-state index is 0.724. The smallest absolute Gasteiger partial charge is 0.0270 e. The molecule has 0 aromatic carbocycles. The third-order valence-corrected chi connectivity index (χ3v) is 3.21. The molecule has 3 nitrogen and oxygen atoms in total. The fourth-order valence-corrected chi connectivity index (χ4v) is 2.31. The van der Waals surface area contributed by atoms with Crippen LogP contribution in [0.5, 0.6) is 0 Å². The number of nitrogens with zero attached hydrogens (tertiary/aromatic N) is 2. The zero-order valence-corrected chi connectivity index (χ0v) is 9.10. The second-order valence-electron chi connectivity index (χ2n) is 4.19. The Balaban J connectivity index is 1.88. The molecule has 0 aliphatic carbocycles. The average molecular weight is 205 g/mol. The van der Waals surface area contributed by atoms with Gasteiger partial charge in [0.15, 0.2) is 0 Å². The number of piperidine rings is 1. The van der Waals surface area contributed by atoms with Crippen molar-refractivity contribution in [2.45, 2.75) is 18.8 Å². The molecule has 82 valence electrons. The molecule has 0 unspecified atom stereocenters. The second kappa shape index (κ2) is 5.24. The van der Waals surface area contributed by atoms with Gasteiger partial charge in [-0.15, -0.1) is 0 Å². The van der Waals surface area contributed by atoms with E-state index in [1.54, 1.807) is 0 Å². The van der Waals surface area contributed by atoms with Gasteiger partial charge in [-0.1, -0.05) is 0 Å². The van der Waals surface area contributed by atoms with Crippen molar-refractivity contribution >= 4 is 0 Å². The molecule has 0 saturated carbocycles. The molecule has 1 aromatic rings. The number of hydrogen-bond acceptors (Lipinski definition) is 3. The van der Waals surface area contributed by atoms with Crippen LogP contribution in [-0.2, 0) is 0 Å². The zero-order valence-electron chi connectivity index (χ0n) is 9.10. The van der Waals surface area contributed by atoms with Crippen molar-refractivity contribution in [1.29, 1.82) is 0 Å². The van der Waals surface area contributed by atoms with E-state index in [1.807, 2.05) is 12.4 Å². The summed E-state index contributed by atoms with van der Waals surface area (Å²) in [5.41, 5.74) is 7.00. The maximum atomic E-state index is 5.56. The van der Waals surface area contributed by atoms with Crippen LogP contribution in [0.15, 0.2) is 24.5 Å². The molecule has 1 aromatic heterocycles. The van der Waals surface area contributed by atoms with Crippen LogP contribution in [0.3, 0.4) is 0 Å². The van der Waals surface area contributed by atoms with Gasteiger partial charge in [-0.2, -0.15) is 0 Å². The normalized spacial score (nSPS) is 19.3. The summed E-state index contributed by atoms with van der Waals surface area (Å²) < 4.78 is 0. The molecule has 0 atom stereocenters. The lowest BCUT2D eigenvalue weighted by Crippen LogP contribution is -2.36. The van der Waals surface area contributed by atoms with Crippen LogP contribution in [0.25, 0.3) is 0 Å². The number of likely N-dealkylation sites (tertiary alicyclic amines) is 1. The Morgan fingerprint density at radius 1 is 1.27 bits per heavy atom. The van der Waals surface area contributed by atoms with E-state index in [4.69, 9.17) is 5.73 Å². The monoisotopic (exact) mass is 205 g/mol. The lowest BCUT2D eigenvalue weighted by atomic mass is 9.90. The van der Waals surface area contributed by atoms with Crippen LogP contribution < -0.4 is 5.73 Å². The van der Waals surface area contributed by atoms with Crippen molar-refractivity contribution in [2.24, 2.45) is 5.73 Å². The maximum absolute atomic E-state index is 5.56. The number of aromatic nitrogens is 1. The Morgan fingerprint density at radius 2 is 1.93 bits per heavy atom. The van der Waals surface area contributed by atoms with E-state index >= 15 is 0 Å². The predicted octanol–water partition coefficient (Wildman–Crippen LogP) is 1.22. The summed E-state index contributed by atoms with van der Waals surface area (Å²) in [6.45, 7) is 4.19. The standard InChI is InChI=1S/C12H19N3/c13-5-10-15-8-3-12(4-9-15)11-1-6-14-7-2-11/h1-2,6-7,12H,3-5,8-10,13H2. The van der Waals surface area contributed by atoms with E-state index < -0.39 is 0 Å². The third-order valence-electron chi connectivity index (χ3n) is 3.21. The molecule has 15 heavy (non-hydrogen) atoms. The summed E-state index contributed by atoms with van der Waals surface area (Å²) >= 11 is 0. The topological polar surface area (TPSA) is 42.1 Å². The van der Waals surface area contributed by atoms with Gasteiger partial charge in [0.25, 0.3) is 0 Å². The van der Waals surface area contributed by atoms with E-state index in [9.17, 15) is 0 Å². The van der Waals surface area contributed by atoms with E-state index in [0.29, 0.717) is 0 Å². The van der Waals surface area contributed by atoms with Gasteiger partial charge in [0.05, 0.1) is 0 Å². The summed E-state index contributed by atoms with van der Waals surface area (Å²) in [5, 5.41) is 0. The van der Waals surface area contributed by atoms with Gasteiger partial charge in [-0.3, -0.25) is 4.98 Å². The molecule has 2 heterocycles. The third kappa shape index (κ3) is 2.76. The van der Waals surface area contributed by atoms with E-state index in [1.165, 1.54) is 31.5 Å². The van der Waals surface area contributed by atoms with Crippen molar-refractivity contribution in [3.8, 4) is 0 Å². The number of nitrogens with two attached hydrogens (primary N) is 1. The van der Waals surface area contributed by atoms with E-state index in [2.05, 4.69) is 22.0 Å². The number of rotatable bonds is 3. The van der Waals surface area contributed by atoms with Crippen LogP contribution in [0.2, 0.25) is 0 Å². The summed E-state index contributed by atoms with van der Waals surface area (Å²) in [5.74, 6) is 0.724. The Bertz CT molecular complexity index is 278. The van der Waals surface area contributed by atoms with E-state index in [-0.39, 0.29) is 0 Å². The quantitative estimate of drug-likeness (QED) is 0.806. The molecule has 1 saturated heterocycles. The molecule has 1 aliphatic rings. The van der Waals surface area contributed by atoms with Crippen molar-refractivity contribution in [3.63, 3.8) is 0 Å². The molecule has 1 aliphatic heterocycles. The van der Waals surface area contributed by atoms with Crippen molar-refractivity contribution in [2.75, 3.05) is 26.2 Å². The predicted molar refractivity (Wildman–Crippen MR) is 61.7 cm³/mol. The van der Waals surface area contributed by atoms with Gasteiger partial charge in [0.2, 0.25) is 0 Å². The first kappa shape index (κ1) is 10.6. The van der Waals surface area contributed by atoms with Gasteiger partial charge >= 0.3 is 0 Å². The zero-order chi connectivity index (χ0) is 10.5. The van der Waals surface area contributed by atoms with Crippen LogP contribution in [0, 0.1) is 0 Å². The highest BCUT2D eigenvalue weighted by molar-refractivity contribution is 5.16. The number of hydrogen-bond donors (Lipinski definition) is 1. The Kier molecular flexibility index (Phi) is 3.69. The molecule has 3 heteroatoms. The minimum absolute atomic E-state index is 0.724. The first-order valence-electron chi connectivity index (χ1n) is 5.72. The SMILES string of the molecule is NCCN1CCC(c2ccncc2)CC1. The molecule has 0 radical (unpaired) electrons. The first-order valence-corrected chi connectivity index (χ1v) is 5.72. The number of pyridine rings is 1. The highest BCUT2D eigenvalue weighted by Gasteiger charge is 2.19. The highest BCUT2D eigenvalue weighted by Crippen LogP contribution is 2.26. The van der Waals surface area contributed by atoms with Gasteiger partial charge in [-0.25, -0.2) is 0 Å². The van der Waals surface area contributed by atoms with Crippen LogP contribution in [-0.4, -0.2) is 36.1 Å². The van der Waals surface area contributed by atoms with Gasteiger partial charge < -0.3 is 10.6 Å². The minimum Gasteiger partial charge on any atom is -0.329 e. The van der Waals surface area contributed by atoms with Gasteiger partial charge in [0.1, 0.15) is 0 Å². The Labute approximate surface area is 91.3 Å². The fourth-order valence-electron chi connectivity index (χ4n) is 2.31. The fraction of sp³-hybridized carbons (Fsp3) is 0.583. The molecule has 1 fully saturated rings. The summed E-state index contributed by atoms with van der Waals surface area (Å²) in [7, 11) is 0. The van der Waals surface area contributed by atoms with Gasteiger partial charge in [-0.05, 0) is 49.5 Å². The van der Waals surface area contributed by atoms with Crippen molar-refractivity contribution < 1.29 is 0 Å². The molecule has 2 N–H and O–H groups in total. The molecule has 0 spiro atoms. The molecule has 0 bridgehead atoms. The summed E-state index contributed by atoms with van der Waals surface area (Å²) in [4.78, 5) is 6.51. The van der Waals surface area contributed by atoms with E-state index in [0.717, 1.165) is 19.0 Å². The van der Waals surface area contributed by atoms with Crippen LogP contribution in [0.1, 0.15) is 24.3 Å².